The van der Waals surface area contributed by atoms with Gasteiger partial charge in [-0.1, -0.05) is 32.0 Å². The zero-order valence-electron chi connectivity index (χ0n) is 17.0. The molecule has 0 atom stereocenters. The molecule has 1 aromatic rings. The van der Waals surface area contributed by atoms with Crippen molar-refractivity contribution >= 4 is 11.9 Å². The Morgan fingerprint density at radius 3 is 2.52 bits per heavy atom. The van der Waals surface area contributed by atoms with Crippen LogP contribution in [0.25, 0.3) is 0 Å². The topological polar surface area (TPSA) is 61.9 Å². The first-order valence-corrected chi connectivity index (χ1v) is 9.83. The molecule has 1 N–H and O–H groups in total. The van der Waals surface area contributed by atoms with Crippen molar-refractivity contribution in [1.29, 1.82) is 0 Å². The minimum atomic E-state index is -0.0368. The quantitative estimate of drug-likeness (QED) is 0.796. The van der Waals surface area contributed by atoms with E-state index in [2.05, 4.69) is 19.2 Å². The molecular weight excluding hydrogens is 342 g/mol. The highest BCUT2D eigenvalue weighted by atomic mass is 16.5. The highest BCUT2D eigenvalue weighted by Gasteiger charge is 2.27. The normalized spacial score (nSPS) is 14.9. The van der Waals surface area contributed by atoms with Gasteiger partial charge >= 0.3 is 6.03 Å². The average molecular weight is 376 g/mol. The molecule has 150 valence electrons. The summed E-state index contributed by atoms with van der Waals surface area (Å²) >= 11 is 0. The maximum absolute atomic E-state index is 12.5. The Labute approximate surface area is 162 Å². The van der Waals surface area contributed by atoms with E-state index in [1.54, 1.807) is 19.0 Å². The SMILES string of the molecule is CC(C)CCOc1ccccc1CNC(=O)C1CCN(C(=O)N(C)C)CC1. The van der Waals surface area contributed by atoms with Gasteiger partial charge in [-0.25, -0.2) is 4.79 Å². The molecule has 0 spiro atoms. The van der Waals surface area contributed by atoms with Crippen molar-refractivity contribution in [3.63, 3.8) is 0 Å². The van der Waals surface area contributed by atoms with Gasteiger partial charge in [-0.15, -0.1) is 0 Å². The maximum Gasteiger partial charge on any atom is 0.319 e. The second kappa shape index (κ2) is 10.2. The van der Waals surface area contributed by atoms with Crippen molar-refractivity contribution in [2.45, 2.75) is 39.7 Å². The van der Waals surface area contributed by atoms with Gasteiger partial charge in [0.15, 0.2) is 0 Å². The third-order valence-electron chi connectivity index (χ3n) is 4.90. The van der Waals surface area contributed by atoms with Crippen LogP contribution < -0.4 is 10.1 Å². The molecule has 0 aliphatic carbocycles. The Bertz CT molecular complexity index is 623. The van der Waals surface area contributed by atoms with Gasteiger partial charge < -0.3 is 19.9 Å². The third-order valence-corrected chi connectivity index (χ3v) is 4.90. The molecular formula is C21H33N3O3. The van der Waals surface area contributed by atoms with Gasteiger partial charge in [0.2, 0.25) is 5.91 Å². The molecule has 1 fully saturated rings. The van der Waals surface area contributed by atoms with E-state index in [9.17, 15) is 9.59 Å². The number of urea groups is 1. The van der Waals surface area contributed by atoms with E-state index in [4.69, 9.17) is 4.74 Å². The predicted molar refractivity (Wildman–Crippen MR) is 107 cm³/mol. The average Bonchev–Trinajstić information content (AvgIpc) is 2.66. The molecule has 1 aliphatic heterocycles. The number of piperidine rings is 1. The van der Waals surface area contributed by atoms with Crippen LogP contribution in [0.4, 0.5) is 4.79 Å². The molecule has 1 aromatic carbocycles. The fraction of sp³-hybridized carbons (Fsp3) is 0.619. The van der Waals surface area contributed by atoms with E-state index in [1.807, 2.05) is 29.2 Å². The first-order chi connectivity index (χ1) is 12.9. The molecule has 2 rings (SSSR count). The largest absolute Gasteiger partial charge is 0.493 e. The lowest BCUT2D eigenvalue weighted by Crippen LogP contribution is -2.46. The van der Waals surface area contributed by atoms with Gasteiger partial charge in [0.25, 0.3) is 0 Å². The summed E-state index contributed by atoms with van der Waals surface area (Å²) in [5.74, 6) is 1.46. The summed E-state index contributed by atoms with van der Waals surface area (Å²) in [5, 5.41) is 3.04. The van der Waals surface area contributed by atoms with Crippen LogP contribution in [0.5, 0.6) is 5.75 Å². The maximum atomic E-state index is 12.5. The van der Waals surface area contributed by atoms with Crippen LogP contribution in [-0.4, -0.2) is 55.5 Å². The van der Waals surface area contributed by atoms with Crippen LogP contribution in [-0.2, 0) is 11.3 Å². The van der Waals surface area contributed by atoms with Gasteiger partial charge in [-0.2, -0.15) is 0 Å². The summed E-state index contributed by atoms with van der Waals surface area (Å²) in [6.07, 6.45) is 2.42. The van der Waals surface area contributed by atoms with E-state index in [0.29, 0.717) is 45.0 Å². The number of carbonyl (C=O) groups is 2. The van der Waals surface area contributed by atoms with Gasteiger partial charge in [-0.05, 0) is 31.2 Å². The monoisotopic (exact) mass is 375 g/mol. The number of likely N-dealkylation sites (tertiary alicyclic amines) is 1. The Morgan fingerprint density at radius 1 is 1.22 bits per heavy atom. The summed E-state index contributed by atoms with van der Waals surface area (Å²) in [7, 11) is 3.50. The number of nitrogens with one attached hydrogen (secondary N) is 1. The van der Waals surface area contributed by atoms with Crippen LogP contribution in [0.15, 0.2) is 24.3 Å². The summed E-state index contributed by atoms with van der Waals surface area (Å²) in [5.41, 5.74) is 0.995. The van der Waals surface area contributed by atoms with E-state index >= 15 is 0 Å². The molecule has 0 radical (unpaired) electrons. The van der Waals surface area contributed by atoms with Crippen molar-refractivity contribution < 1.29 is 14.3 Å². The number of ether oxygens (including phenoxy) is 1. The molecule has 0 aromatic heterocycles. The summed E-state index contributed by atoms with van der Waals surface area (Å²) in [4.78, 5) is 27.9. The van der Waals surface area contributed by atoms with Crippen LogP contribution in [0.2, 0.25) is 0 Å². The lowest BCUT2D eigenvalue weighted by molar-refractivity contribution is -0.126. The van der Waals surface area contributed by atoms with Crippen molar-refractivity contribution in [2.24, 2.45) is 11.8 Å². The molecule has 6 heteroatoms. The van der Waals surface area contributed by atoms with E-state index in [-0.39, 0.29) is 17.9 Å². The molecule has 1 saturated heterocycles. The zero-order chi connectivity index (χ0) is 19.8. The van der Waals surface area contributed by atoms with Gasteiger partial charge in [0.05, 0.1) is 6.61 Å². The molecule has 3 amide bonds. The minimum Gasteiger partial charge on any atom is -0.493 e. The third kappa shape index (κ3) is 6.45. The fourth-order valence-corrected chi connectivity index (χ4v) is 3.14. The van der Waals surface area contributed by atoms with Crippen LogP contribution in [0.1, 0.15) is 38.7 Å². The van der Waals surface area contributed by atoms with Crippen LogP contribution in [0, 0.1) is 11.8 Å². The minimum absolute atomic E-state index is 0.0151. The summed E-state index contributed by atoms with van der Waals surface area (Å²) in [6, 6.07) is 7.87. The zero-order valence-corrected chi connectivity index (χ0v) is 17.0. The highest BCUT2D eigenvalue weighted by molar-refractivity contribution is 5.79. The van der Waals surface area contributed by atoms with Gasteiger partial charge in [0.1, 0.15) is 5.75 Å². The molecule has 0 unspecified atom stereocenters. The molecule has 6 nitrogen and oxygen atoms in total. The van der Waals surface area contributed by atoms with Crippen molar-refractivity contribution in [2.75, 3.05) is 33.8 Å². The highest BCUT2D eigenvalue weighted by Crippen LogP contribution is 2.21. The lowest BCUT2D eigenvalue weighted by Gasteiger charge is -2.33. The Balaban J connectivity index is 1.82. The molecule has 1 heterocycles. The Kier molecular flexibility index (Phi) is 7.95. The number of nitrogens with zero attached hydrogens (tertiary/aromatic N) is 2. The summed E-state index contributed by atoms with van der Waals surface area (Å²) in [6.45, 7) is 6.75. The smallest absolute Gasteiger partial charge is 0.319 e. The number of amides is 3. The molecule has 1 aliphatic rings. The van der Waals surface area contributed by atoms with Crippen LogP contribution >= 0.6 is 0 Å². The van der Waals surface area contributed by atoms with E-state index in [0.717, 1.165) is 17.7 Å². The number of hydrogen-bond donors (Lipinski definition) is 1. The lowest BCUT2D eigenvalue weighted by atomic mass is 9.96. The van der Waals surface area contributed by atoms with Gasteiger partial charge in [-0.3, -0.25) is 4.79 Å². The van der Waals surface area contributed by atoms with Crippen LogP contribution in [0.3, 0.4) is 0 Å². The number of para-hydroxylation sites is 1. The van der Waals surface area contributed by atoms with Crippen molar-refractivity contribution in [1.82, 2.24) is 15.1 Å². The molecule has 0 saturated carbocycles. The number of benzene rings is 1. The Hall–Kier alpha value is -2.24. The molecule has 0 bridgehead atoms. The first kappa shape index (κ1) is 21.1. The number of hydrogen-bond acceptors (Lipinski definition) is 3. The first-order valence-electron chi connectivity index (χ1n) is 9.83. The summed E-state index contributed by atoms with van der Waals surface area (Å²) < 4.78 is 5.89. The van der Waals surface area contributed by atoms with Gasteiger partial charge in [0, 0.05) is 45.2 Å². The van der Waals surface area contributed by atoms with Crippen molar-refractivity contribution in [3.05, 3.63) is 29.8 Å². The second-order valence-corrected chi connectivity index (χ2v) is 7.79. The Morgan fingerprint density at radius 2 is 1.89 bits per heavy atom. The number of carbonyl (C=O) groups excluding carboxylic acids is 2. The van der Waals surface area contributed by atoms with E-state index in [1.165, 1.54) is 0 Å². The second-order valence-electron chi connectivity index (χ2n) is 7.79. The fourth-order valence-electron chi connectivity index (χ4n) is 3.14. The van der Waals surface area contributed by atoms with E-state index < -0.39 is 0 Å². The standard InChI is InChI=1S/C21H33N3O3/c1-16(2)11-14-27-19-8-6-5-7-18(19)15-22-20(25)17-9-12-24(13-10-17)21(26)23(3)4/h5-8,16-17H,9-15H2,1-4H3,(H,22,25). The molecule has 27 heavy (non-hydrogen) atoms. The van der Waals surface area contributed by atoms with Crippen molar-refractivity contribution in [3.8, 4) is 5.75 Å². The number of rotatable bonds is 7. The predicted octanol–water partition coefficient (Wildman–Crippen LogP) is 3.12.